The molecule has 0 radical (unpaired) electrons. The van der Waals surface area contributed by atoms with Gasteiger partial charge in [-0.25, -0.2) is 0 Å². The lowest BCUT2D eigenvalue weighted by Gasteiger charge is -2.15. The molecule has 21 heavy (non-hydrogen) atoms. The van der Waals surface area contributed by atoms with Crippen molar-refractivity contribution in [2.45, 2.75) is 25.7 Å². The number of benzene rings is 1. The zero-order valence-electron chi connectivity index (χ0n) is 12.4. The van der Waals surface area contributed by atoms with Gasteiger partial charge < -0.3 is 15.0 Å². The number of rotatable bonds is 6. The van der Waals surface area contributed by atoms with Crippen LogP contribution in [0, 0.1) is 0 Å². The van der Waals surface area contributed by atoms with Crippen LogP contribution in [0.2, 0.25) is 0 Å². The van der Waals surface area contributed by atoms with E-state index in [9.17, 15) is 9.59 Å². The van der Waals surface area contributed by atoms with E-state index >= 15 is 0 Å². The van der Waals surface area contributed by atoms with Crippen molar-refractivity contribution in [2.24, 2.45) is 0 Å². The molecule has 1 heterocycles. The van der Waals surface area contributed by atoms with Crippen LogP contribution in [0.1, 0.15) is 24.8 Å². The van der Waals surface area contributed by atoms with Gasteiger partial charge in [-0.15, -0.1) is 0 Å². The highest BCUT2D eigenvalue weighted by Gasteiger charge is 2.17. The molecule has 1 aromatic carbocycles. The van der Waals surface area contributed by atoms with Gasteiger partial charge in [0.15, 0.2) is 0 Å². The van der Waals surface area contributed by atoms with Crippen LogP contribution in [0.25, 0.3) is 0 Å². The molecular formula is C16H22N2O3. The van der Waals surface area contributed by atoms with Crippen LogP contribution in [0.4, 0.5) is 0 Å². The molecule has 1 aliphatic heterocycles. The minimum atomic E-state index is -0.0848. The average Bonchev–Trinajstić information content (AvgIpc) is 3.05. The Kier molecular flexibility index (Phi) is 5.60. The Hall–Kier alpha value is -2.04. The molecule has 5 nitrogen and oxygen atoms in total. The van der Waals surface area contributed by atoms with Crippen molar-refractivity contribution in [1.29, 1.82) is 0 Å². The van der Waals surface area contributed by atoms with E-state index in [1.807, 2.05) is 29.2 Å². The Morgan fingerprint density at radius 3 is 2.48 bits per heavy atom. The van der Waals surface area contributed by atoms with Gasteiger partial charge in [-0.05, 0) is 37.0 Å². The molecule has 1 aromatic rings. The first kappa shape index (κ1) is 15.4. The number of carbonyl (C=O) groups is 2. The summed E-state index contributed by atoms with van der Waals surface area (Å²) >= 11 is 0. The standard InChI is InChI=1S/C16H22N2O3/c1-21-14-7-4-13(5-8-14)6-9-15(19)17-12-16(20)18-10-2-3-11-18/h4-5,7-8H,2-3,6,9-12H2,1H3,(H,17,19). The maximum Gasteiger partial charge on any atom is 0.241 e. The van der Waals surface area contributed by atoms with Crippen LogP contribution in [0.15, 0.2) is 24.3 Å². The minimum Gasteiger partial charge on any atom is -0.497 e. The van der Waals surface area contributed by atoms with Crippen molar-refractivity contribution in [1.82, 2.24) is 10.2 Å². The van der Waals surface area contributed by atoms with Crippen LogP contribution >= 0.6 is 0 Å². The highest BCUT2D eigenvalue weighted by molar-refractivity contribution is 5.84. The number of amides is 2. The smallest absolute Gasteiger partial charge is 0.241 e. The normalized spacial score (nSPS) is 14.0. The average molecular weight is 290 g/mol. The Morgan fingerprint density at radius 2 is 1.86 bits per heavy atom. The van der Waals surface area contributed by atoms with Gasteiger partial charge in [0, 0.05) is 19.5 Å². The fraction of sp³-hybridized carbons (Fsp3) is 0.500. The molecule has 114 valence electrons. The van der Waals surface area contributed by atoms with E-state index in [0.29, 0.717) is 12.8 Å². The number of ether oxygens (including phenoxy) is 1. The molecule has 0 aliphatic carbocycles. The van der Waals surface area contributed by atoms with Crippen LogP contribution in [0.5, 0.6) is 5.75 Å². The Morgan fingerprint density at radius 1 is 1.19 bits per heavy atom. The molecule has 1 aliphatic rings. The second kappa shape index (κ2) is 7.67. The van der Waals surface area contributed by atoms with E-state index in [4.69, 9.17) is 4.74 Å². The van der Waals surface area contributed by atoms with E-state index in [-0.39, 0.29) is 18.4 Å². The van der Waals surface area contributed by atoms with Gasteiger partial charge in [-0.2, -0.15) is 0 Å². The highest BCUT2D eigenvalue weighted by Crippen LogP contribution is 2.12. The number of aryl methyl sites for hydroxylation is 1. The van der Waals surface area contributed by atoms with Gasteiger partial charge >= 0.3 is 0 Å². The van der Waals surface area contributed by atoms with Gasteiger partial charge in [0.1, 0.15) is 5.75 Å². The molecule has 2 amide bonds. The summed E-state index contributed by atoms with van der Waals surface area (Å²) in [7, 11) is 1.62. The maximum absolute atomic E-state index is 11.8. The molecule has 5 heteroatoms. The number of nitrogens with zero attached hydrogens (tertiary/aromatic N) is 1. The van der Waals surface area contributed by atoms with Crippen molar-refractivity contribution in [3.63, 3.8) is 0 Å². The first-order chi connectivity index (χ1) is 10.2. The molecule has 0 spiro atoms. The van der Waals surface area contributed by atoms with Gasteiger partial charge in [0.05, 0.1) is 13.7 Å². The Balaban J connectivity index is 1.67. The first-order valence-corrected chi connectivity index (χ1v) is 7.36. The first-order valence-electron chi connectivity index (χ1n) is 7.36. The second-order valence-corrected chi connectivity index (χ2v) is 5.21. The van der Waals surface area contributed by atoms with Crippen LogP contribution in [-0.4, -0.2) is 43.5 Å². The third-order valence-corrected chi connectivity index (χ3v) is 3.70. The summed E-state index contributed by atoms with van der Waals surface area (Å²) in [5.74, 6) is 0.739. The maximum atomic E-state index is 11.8. The van der Waals surface area contributed by atoms with E-state index in [2.05, 4.69) is 5.32 Å². The van der Waals surface area contributed by atoms with E-state index in [1.165, 1.54) is 0 Å². The molecule has 1 N–H and O–H groups in total. The largest absolute Gasteiger partial charge is 0.497 e. The van der Waals surface area contributed by atoms with Gasteiger partial charge in [-0.3, -0.25) is 9.59 Å². The van der Waals surface area contributed by atoms with Crippen molar-refractivity contribution in [3.8, 4) is 5.75 Å². The number of methoxy groups -OCH3 is 1. The number of carbonyl (C=O) groups excluding carboxylic acids is 2. The third kappa shape index (κ3) is 4.77. The molecule has 0 aromatic heterocycles. The van der Waals surface area contributed by atoms with E-state index in [0.717, 1.165) is 37.2 Å². The van der Waals surface area contributed by atoms with Crippen molar-refractivity contribution in [2.75, 3.05) is 26.7 Å². The van der Waals surface area contributed by atoms with Gasteiger partial charge in [-0.1, -0.05) is 12.1 Å². The topological polar surface area (TPSA) is 58.6 Å². The lowest BCUT2D eigenvalue weighted by molar-refractivity contribution is -0.132. The molecule has 1 saturated heterocycles. The van der Waals surface area contributed by atoms with Crippen LogP contribution < -0.4 is 10.1 Å². The minimum absolute atomic E-state index is 0.0188. The molecule has 1 fully saturated rings. The Labute approximate surface area is 125 Å². The predicted molar refractivity (Wildman–Crippen MR) is 80.1 cm³/mol. The SMILES string of the molecule is COc1ccc(CCC(=O)NCC(=O)N2CCCC2)cc1. The van der Waals surface area contributed by atoms with E-state index in [1.54, 1.807) is 7.11 Å². The van der Waals surface area contributed by atoms with Crippen molar-refractivity contribution >= 4 is 11.8 Å². The highest BCUT2D eigenvalue weighted by atomic mass is 16.5. The lowest BCUT2D eigenvalue weighted by Crippen LogP contribution is -2.38. The van der Waals surface area contributed by atoms with Crippen molar-refractivity contribution in [3.05, 3.63) is 29.8 Å². The molecule has 0 saturated carbocycles. The van der Waals surface area contributed by atoms with E-state index < -0.39 is 0 Å². The van der Waals surface area contributed by atoms with Gasteiger partial charge in [0.25, 0.3) is 0 Å². The number of likely N-dealkylation sites (tertiary alicyclic amines) is 1. The summed E-state index contributed by atoms with van der Waals surface area (Å²) in [6, 6.07) is 7.65. The van der Waals surface area contributed by atoms with Gasteiger partial charge in [0.2, 0.25) is 11.8 Å². The fourth-order valence-corrected chi connectivity index (χ4v) is 2.39. The second-order valence-electron chi connectivity index (χ2n) is 5.21. The summed E-state index contributed by atoms with van der Waals surface area (Å²) in [4.78, 5) is 25.4. The monoisotopic (exact) mass is 290 g/mol. The number of hydrogen-bond donors (Lipinski definition) is 1. The number of hydrogen-bond acceptors (Lipinski definition) is 3. The lowest BCUT2D eigenvalue weighted by atomic mass is 10.1. The fourth-order valence-electron chi connectivity index (χ4n) is 2.39. The molecule has 2 rings (SSSR count). The Bertz CT molecular complexity index is 479. The van der Waals surface area contributed by atoms with Crippen LogP contribution in [-0.2, 0) is 16.0 Å². The predicted octanol–water partition coefficient (Wildman–Crippen LogP) is 1.37. The summed E-state index contributed by atoms with van der Waals surface area (Å²) < 4.78 is 5.09. The number of nitrogens with one attached hydrogen (secondary N) is 1. The summed E-state index contributed by atoms with van der Waals surface area (Å²) in [5, 5.41) is 2.70. The third-order valence-electron chi connectivity index (χ3n) is 3.70. The zero-order valence-corrected chi connectivity index (χ0v) is 12.4. The summed E-state index contributed by atoms with van der Waals surface area (Å²) in [5.41, 5.74) is 1.08. The summed E-state index contributed by atoms with van der Waals surface area (Å²) in [6.45, 7) is 1.75. The molecule has 0 bridgehead atoms. The quantitative estimate of drug-likeness (QED) is 0.861. The molecular weight excluding hydrogens is 268 g/mol. The molecule has 0 unspecified atom stereocenters. The molecule has 0 atom stereocenters. The zero-order chi connectivity index (χ0) is 15.1. The summed E-state index contributed by atoms with van der Waals surface area (Å²) in [6.07, 6.45) is 3.18. The van der Waals surface area contributed by atoms with Crippen molar-refractivity contribution < 1.29 is 14.3 Å². The van der Waals surface area contributed by atoms with Crippen LogP contribution in [0.3, 0.4) is 0 Å².